The van der Waals surface area contributed by atoms with E-state index in [0.717, 1.165) is 6.20 Å². The Labute approximate surface area is 98.0 Å². The number of allylic oxidation sites excluding steroid dienone is 1. The standard InChI is InChI=1S/C8H9F5N4O/c1-2-16-4(6(15)17-18)3-5(14)7(9,10)8(11,12)13/h2-3,18H,1,14H2,(H2,15,17)/b5-3-,16-4?. The van der Waals surface area contributed by atoms with Crippen molar-refractivity contribution in [2.45, 2.75) is 12.1 Å². The van der Waals surface area contributed by atoms with Gasteiger partial charge in [-0.05, 0) is 6.08 Å². The first-order valence-corrected chi connectivity index (χ1v) is 4.16. The second-order valence-electron chi connectivity index (χ2n) is 2.85. The highest BCUT2D eigenvalue weighted by Gasteiger charge is 2.59. The van der Waals surface area contributed by atoms with Gasteiger partial charge in [-0.15, -0.1) is 0 Å². The molecule has 0 saturated heterocycles. The van der Waals surface area contributed by atoms with Crippen LogP contribution < -0.4 is 11.5 Å². The number of halogens is 5. The van der Waals surface area contributed by atoms with Crippen LogP contribution in [0.2, 0.25) is 0 Å². The van der Waals surface area contributed by atoms with E-state index < -0.39 is 29.3 Å². The smallest absolute Gasteiger partial charge is 0.409 e. The van der Waals surface area contributed by atoms with Crippen molar-refractivity contribution < 1.29 is 27.2 Å². The molecule has 0 fully saturated rings. The van der Waals surface area contributed by atoms with E-state index in [1.165, 1.54) is 0 Å². The van der Waals surface area contributed by atoms with Gasteiger partial charge in [0, 0.05) is 6.20 Å². The number of oxime groups is 1. The third-order valence-electron chi connectivity index (χ3n) is 1.61. The van der Waals surface area contributed by atoms with Crippen LogP contribution in [0.1, 0.15) is 0 Å². The fourth-order valence-electron chi connectivity index (χ4n) is 0.729. The highest BCUT2D eigenvalue weighted by atomic mass is 19.4. The molecule has 18 heavy (non-hydrogen) atoms. The second kappa shape index (κ2) is 5.47. The predicted octanol–water partition coefficient (Wildman–Crippen LogP) is 1.36. The number of alkyl halides is 5. The van der Waals surface area contributed by atoms with Gasteiger partial charge in [-0.1, -0.05) is 11.7 Å². The van der Waals surface area contributed by atoms with Gasteiger partial charge >= 0.3 is 12.1 Å². The molecule has 5 N–H and O–H groups in total. The topological polar surface area (TPSA) is 97.0 Å². The Kier molecular flexibility index (Phi) is 4.82. The summed E-state index contributed by atoms with van der Waals surface area (Å²) < 4.78 is 61.4. The molecule has 0 rings (SSSR count). The minimum Gasteiger partial charge on any atom is -0.409 e. The van der Waals surface area contributed by atoms with E-state index in [4.69, 9.17) is 10.9 Å². The summed E-state index contributed by atoms with van der Waals surface area (Å²) in [6.07, 6.45) is -4.93. The molecule has 0 saturated carbocycles. The summed E-state index contributed by atoms with van der Waals surface area (Å²) in [5, 5.41) is 10.7. The van der Waals surface area contributed by atoms with Crippen LogP contribution in [0.4, 0.5) is 22.0 Å². The van der Waals surface area contributed by atoms with Crippen LogP contribution in [0, 0.1) is 0 Å². The number of nitrogens with two attached hydrogens (primary N) is 2. The first-order valence-electron chi connectivity index (χ1n) is 4.16. The molecule has 0 aromatic carbocycles. The molecule has 0 radical (unpaired) electrons. The van der Waals surface area contributed by atoms with Gasteiger partial charge < -0.3 is 16.7 Å². The zero-order chi connectivity index (χ0) is 14.6. The molecule has 102 valence electrons. The average molecular weight is 272 g/mol. The summed E-state index contributed by atoms with van der Waals surface area (Å²) in [5.41, 5.74) is 7.11. The summed E-state index contributed by atoms with van der Waals surface area (Å²) in [6.45, 7) is 3.08. The lowest BCUT2D eigenvalue weighted by atomic mass is 10.2. The maximum absolute atomic E-state index is 12.7. The van der Waals surface area contributed by atoms with Crippen LogP contribution in [0.15, 0.2) is 34.7 Å². The molecular formula is C8H9F5N4O. The largest absolute Gasteiger partial charge is 0.459 e. The number of hydrogen-bond donors (Lipinski definition) is 3. The lowest BCUT2D eigenvalue weighted by Gasteiger charge is -2.19. The van der Waals surface area contributed by atoms with Crippen molar-refractivity contribution >= 4 is 11.5 Å². The van der Waals surface area contributed by atoms with Crippen molar-refractivity contribution in [3.63, 3.8) is 0 Å². The SMILES string of the molecule is C=CN=C(/C=C(\N)C(F)(F)C(F)(F)F)/C(N)=N/O. The van der Waals surface area contributed by atoms with E-state index in [1.807, 2.05) is 0 Å². The molecule has 0 bridgehead atoms. The Morgan fingerprint density at radius 3 is 2.00 bits per heavy atom. The van der Waals surface area contributed by atoms with Crippen molar-refractivity contribution in [2.24, 2.45) is 21.6 Å². The first-order chi connectivity index (χ1) is 8.07. The Balaban J connectivity index is 5.55. The summed E-state index contributed by atoms with van der Waals surface area (Å²) in [5.74, 6) is -6.05. The van der Waals surface area contributed by atoms with E-state index in [1.54, 1.807) is 0 Å². The summed E-state index contributed by atoms with van der Waals surface area (Å²) in [4.78, 5) is 3.24. The summed E-state index contributed by atoms with van der Waals surface area (Å²) >= 11 is 0. The minimum atomic E-state index is -5.86. The van der Waals surface area contributed by atoms with E-state index in [9.17, 15) is 22.0 Å². The van der Waals surface area contributed by atoms with E-state index >= 15 is 0 Å². The second-order valence-corrected chi connectivity index (χ2v) is 2.85. The number of hydrogen-bond acceptors (Lipinski definition) is 4. The van der Waals surface area contributed by atoms with Crippen LogP contribution in [0.25, 0.3) is 0 Å². The zero-order valence-electron chi connectivity index (χ0n) is 8.75. The highest BCUT2D eigenvalue weighted by Crippen LogP contribution is 2.38. The number of amidine groups is 1. The fourth-order valence-corrected chi connectivity index (χ4v) is 0.729. The number of nitrogens with zero attached hydrogens (tertiary/aromatic N) is 2. The Morgan fingerprint density at radius 2 is 1.67 bits per heavy atom. The number of rotatable bonds is 4. The molecule has 0 aromatic rings. The predicted molar refractivity (Wildman–Crippen MR) is 54.3 cm³/mol. The molecule has 0 unspecified atom stereocenters. The molecular weight excluding hydrogens is 263 g/mol. The van der Waals surface area contributed by atoms with E-state index in [-0.39, 0.29) is 6.08 Å². The van der Waals surface area contributed by atoms with Crippen LogP contribution in [0.3, 0.4) is 0 Å². The lowest BCUT2D eigenvalue weighted by molar-refractivity contribution is -0.264. The van der Waals surface area contributed by atoms with Gasteiger partial charge in [0.25, 0.3) is 0 Å². The van der Waals surface area contributed by atoms with Crippen molar-refractivity contribution in [1.29, 1.82) is 0 Å². The van der Waals surface area contributed by atoms with Crippen molar-refractivity contribution in [2.75, 3.05) is 0 Å². The summed E-state index contributed by atoms with van der Waals surface area (Å²) in [6, 6.07) is 0. The molecule has 0 aliphatic rings. The Hall–Kier alpha value is -2.13. The van der Waals surface area contributed by atoms with E-state index in [0.29, 0.717) is 0 Å². The average Bonchev–Trinajstić information content (AvgIpc) is 2.25. The monoisotopic (exact) mass is 272 g/mol. The molecule has 5 nitrogen and oxygen atoms in total. The van der Waals surface area contributed by atoms with Gasteiger partial charge in [-0.2, -0.15) is 22.0 Å². The zero-order valence-corrected chi connectivity index (χ0v) is 8.75. The molecule has 0 atom stereocenters. The van der Waals surface area contributed by atoms with Crippen molar-refractivity contribution in [1.82, 2.24) is 0 Å². The van der Waals surface area contributed by atoms with Gasteiger partial charge in [-0.3, -0.25) is 4.99 Å². The first kappa shape index (κ1) is 15.9. The third kappa shape index (κ3) is 3.43. The molecule has 10 heteroatoms. The third-order valence-corrected chi connectivity index (χ3v) is 1.61. The minimum absolute atomic E-state index is 0.143. The van der Waals surface area contributed by atoms with Crippen LogP contribution in [-0.2, 0) is 0 Å². The molecule has 0 aromatic heterocycles. The van der Waals surface area contributed by atoms with Gasteiger partial charge in [-0.25, -0.2) is 0 Å². The Bertz CT molecular complexity index is 410. The molecule has 0 amide bonds. The lowest BCUT2D eigenvalue weighted by Crippen LogP contribution is -2.42. The normalized spacial score (nSPS) is 15.7. The van der Waals surface area contributed by atoms with Crippen LogP contribution in [-0.4, -0.2) is 28.9 Å². The van der Waals surface area contributed by atoms with Crippen molar-refractivity contribution in [3.05, 3.63) is 24.6 Å². The quantitative estimate of drug-likeness (QED) is 0.237. The summed E-state index contributed by atoms with van der Waals surface area (Å²) in [7, 11) is 0. The van der Waals surface area contributed by atoms with Gasteiger partial charge in [0.05, 0.1) is 5.70 Å². The van der Waals surface area contributed by atoms with Crippen LogP contribution >= 0.6 is 0 Å². The molecule has 0 heterocycles. The molecule has 0 spiro atoms. The maximum atomic E-state index is 12.7. The van der Waals surface area contributed by atoms with Gasteiger partial charge in [0.2, 0.25) is 0 Å². The van der Waals surface area contributed by atoms with E-state index in [2.05, 4.69) is 22.5 Å². The number of aliphatic imine (C=N–C) groups is 1. The Morgan fingerprint density at radius 1 is 1.17 bits per heavy atom. The molecule has 0 aliphatic carbocycles. The fraction of sp³-hybridized carbons (Fsp3) is 0.250. The van der Waals surface area contributed by atoms with Crippen LogP contribution in [0.5, 0.6) is 0 Å². The molecule has 0 aliphatic heterocycles. The van der Waals surface area contributed by atoms with Gasteiger partial charge in [0.15, 0.2) is 5.84 Å². The van der Waals surface area contributed by atoms with Crippen molar-refractivity contribution in [3.8, 4) is 0 Å². The van der Waals surface area contributed by atoms with Gasteiger partial charge in [0.1, 0.15) is 5.71 Å². The maximum Gasteiger partial charge on any atom is 0.459 e. The highest BCUT2D eigenvalue weighted by molar-refractivity contribution is 6.45.